The molecule has 2 aromatic heterocycles. The van der Waals surface area contributed by atoms with Crippen LogP contribution in [0.25, 0.3) is 5.69 Å². The molecule has 3 rings (SSSR count). The van der Waals surface area contributed by atoms with Crippen LogP contribution in [0.3, 0.4) is 0 Å². The average Bonchev–Trinajstić information content (AvgIpc) is 3.37. The molecule has 142 valence electrons. The van der Waals surface area contributed by atoms with E-state index in [1.165, 1.54) is 4.88 Å². The maximum Gasteiger partial charge on any atom is 0.191 e. The third kappa shape index (κ3) is 4.95. The monoisotopic (exact) mass is 382 g/mol. The fraction of sp³-hybridized carbons (Fsp3) is 0.350. The van der Waals surface area contributed by atoms with E-state index in [2.05, 4.69) is 59.1 Å². The lowest BCUT2D eigenvalue weighted by atomic mass is 9.91. The van der Waals surface area contributed by atoms with Crippen molar-refractivity contribution in [2.75, 3.05) is 13.1 Å². The van der Waals surface area contributed by atoms with Gasteiger partial charge in [0.05, 0.1) is 0 Å². The molecular weight excluding hydrogens is 356 g/mol. The van der Waals surface area contributed by atoms with Gasteiger partial charge in [-0.1, -0.05) is 38.1 Å². The average molecular weight is 383 g/mol. The van der Waals surface area contributed by atoms with Gasteiger partial charge in [0.2, 0.25) is 0 Å². The number of nitrogens with zero attached hydrogens (tertiary/aromatic N) is 4. The Balaban J connectivity index is 1.69. The summed E-state index contributed by atoms with van der Waals surface area (Å²) in [6, 6.07) is 14.3. The molecule has 0 spiro atoms. The van der Waals surface area contributed by atoms with Crippen LogP contribution < -0.4 is 10.6 Å². The van der Waals surface area contributed by atoms with Gasteiger partial charge in [-0.15, -0.1) is 21.5 Å². The number of benzene rings is 1. The summed E-state index contributed by atoms with van der Waals surface area (Å²) in [6.45, 7) is 8.59. The number of hydrogen-bond acceptors (Lipinski definition) is 4. The highest BCUT2D eigenvalue weighted by atomic mass is 32.1. The Morgan fingerprint density at radius 1 is 1.15 bits per heavy atom. The van der Waals surface area contributed by atoms with E-state index < -0.39 is 0 Å². The molecule has 0 fully saturated rings. The summed E-state index contributed by atoms with van der Waals surface area (Å²) in [5.74, 6) is 1.58. The van der Waals surface area contributed by atoms with Crippen molar-refractivity contribution in [3.8, 4) is 5.69 Å². The SMILES string of the molecule is CCNC(=NCc1nncn1-c1ccccc1)NCC(C)(C)c1cccs1. The zero-order valence-electron chi connectivity index (χ0n) is 16.0. The topological polar surface area (TPSA) is 67.1 Å². The van der Waals surface area contributed by atoms with Gasteiger partial charge in [0, 0.05) is 29.1 Å². The third-order valence-corrected chi connectivity index (χ3v) is 5.50. The van der Waals surface area contributed by atoms with Crippen molar-refractivity contribution in [3.05, 3.63) is 64.9 Å². The maximum atomic E-state index is 4.70. The zero-order valence-corrected chi connectivity index (χ0v) is 16.8. The van der Waals surface area contributed by atoms with Crippen molar-refractivity contribution in [2.24, 2.45) is 4.99 Å². The van der Waals surface area contributed by atoms with Gasteiger partial charge in [-0.3, -0.25) is 4.57 Å². The minimum Gasteiger partial charge on any atom is -0.357 e. The van der Waals surface area contributed by atoms with Gasteiger partial charge in [-0.25, -0.2) is 4.99 Å². The first-order chi connectivity index (χ1) is 13.1. The standard InChI is InChI=1S/C20H26N6S/c1-4-21-19(23-14-20(2,3)17-11-8-12-27-17)22-13-18-25-24-15-26(18)16-9-6-5-7-10-16/h5-12,15H,4,13-14H2,1-3H3,(H2,21,22,23). The van der Waals surface area contributed by atoms with Crippen LogP contribution in [-0.2, 0) is 12.0 Å². The van der Waals surface area contributed by atoms with Crippen molar-refractivity contribution in [1.82, 2.24) is 25.4 Å². The molecule has 0 aliphatic heterocycles. The Kier molecular flexibility index (Phi) is 6.24. The first kappa shape index (κ1) is 19.1. The fourth-order valence-corrected chi connectivity index (χ4v) is 3.57. The second kappa shape index (κ2) is 8.81. The molecule has 0 saturated carbocycles. The predicted molar refractivity (Wildman–Crippen MR) is 112 cm³/mol. The Morgan fingerprint density at radius 2 is 1.96 bits per heavy atom. The fourth-order valence-electron chi connectivity index (χ4n) is 2.72. The second-order valence-corrected chi connectivity index (χ2v) is 7.81. The molecule has 0 saturated heterocycles. The van der Waals surface area contributed by atoms with Crippen molar-refractivity contribution in [3.63, 3.8) is 0 Å². The quantitative estimate of drug-likeness (QED) is 0.486. The molecule has 0 radical (unpaired) electrons. The minimum atomic E-state index is 0.0361. The summed E-state index contributed by atoms with van der Waals surface area (Å²) in [4.78, 5) is 6.06. The highest BCUT2D eigenvalue weighted by Crippen LogP contribution is 2.26. The smallest absolute Gasteiger partial charge is 0.191 e. The molecule has 0 aliphatic rings. The first-order valence-corrected chi connectivity index (χ1v) is 9.98. The number of guanidine groups is 1. The van der Waals surface area contributed by atoms with E-state index in [0.29, 0.717) is 6.54 Å². The Bertz CT molecular complexity index is 852. The van der Waals surface area contributed by atoms with Gasteiger partial charge in [0.25, 0.3) is 0 Å². The summed E-state index contributed by atoms with van der Waals surface area (Å²) in [5.41, 5.74) is 1.07. The van der Waals surface area contributed by atoms with E-state index in [1.54, 1.807) is 17.7 Å². The largest absolute Gasteiger partial charge is 0.357 e. The number of rotatable bonds is 7. The summed E-state index contributed by atoms with van der Waals surface area (Å²) in [6.07, 6.45) is 1.72. The Hall–Kier alpha value is -2.67. The summed E-state index contributed by atoms with van der Waals surface area (Å²) >= 11 is 1.78. The first-order valence-electron chi connectivity index (χ1n) is 9.10. The van der Waals surface area contributed by atoms with Gasteiger partial charge >= 0.3 is 0 Å². The van der Waals surface area contributed by atoms with E-state index in [-0.39, 0.29) is 5.41 Å². The minimum absolute atomic E-state index is 0.0361. The Labute approximate surface area is 164 Å². The van der Waals surface area contributed by atoms with Crippen molar-refractivity contribution in [2.45, 2.75) is 32.7 Å². The molecule has 2 N–H and O–H groups in total. The van der Waals surface area contributed by atoms with Gasteiger partial charge in [0.1, 0.15) is 12.9 Å². The van der Waals surface area contributed by atoms with Gasteiger partial charge in [0.15, 0.2) is 11.8 Å². The molecule has 0 bridgehead atoms. The van der Waals surface area contributed by atoms with Crippen LogP contribution in [0.4, 0.5) is 0 Å². The number of nitrogens with one attached hydrogen (secondary N) is 2. The molecule has 0 aliphatic carbocycles. The van der Waals surface area contributed by atoms with Crippen LogP contribution in [0.15, 0.2) is 59.2 Å². The van der Waals surface area contributed by atoms with Gasteiger partial charge < -0.3 is 10.6 Å². The molecule has 7 heteroatoms. The maximum absolute atomic E-state index is 4.70. The van der Waals surface area contributed by atoms with Crippen molar-refractivity contribution in [1.29, 1.82) is 0 Å². The van der Waals surface area contributed by atoms with Crippen LogP contribution in [0.5, 0.6) is 0 Å². The molecule has 1 aromatic carbocycles. The summed E-state index contributed by atoms with van der Waals surface area (Å²) in [7, 11) is 0. The molecule has 0 amide bonds. The molecule has 2 heterocycles. The van der Waals surface area contributed by atoms with Crippen LogP contribution in [0.2, 0.25) is 0 Å². The number of hydrogen-bond donors (Lipinski definition) is 2. The number of thiophene rings is 1. The molecule has 0 atom stereocenters. The van der Waals surface area contributed by atoms with E-state index in [9.17, 15) is 0 Å². The lowest BCUT2D eigenvalue weighted by Gasteiger charge is -2.25. The third-order valence-electron chi connectivity index (χ3n) is 4.26. The van der Waals surface area contributed by atoms with E-state index in [1.807, 2.05) is 34.9 Å². The van der Waals surface area contributed by atoms with E-state index in [4.69, 9.17) is 4.99 Å². The van der Waals surface area contributed by atoms with Crippen LogP contribution in [-0.4, -0.2) is 33.8 Å². The molecule has 3 aromatic rings. The van der Waals surface area contributed by atoms with Crippen molar-refractivity contribution >= 4 is 17.3 Å². The Morgan fingerprint density at radius 3 is 2.67 bits per heavy atom. The summed E-state index contributed by atoms with van der Waals surface area (Å²) < 4.78 is 1.96. The van der Waals surface area contributed by atoms with E-state index in [0.717, 1.165) is 30.6 Å². The van der Waals surface area contributed by atoms with Crippen molar-refractivity contribution < 1.29 is 0 Å². The van der Waals surface area contributed by atoms with Crippen LogP contribution >= 0.6 is 11.3 Å². The molecule has 6 nitrogen and oxygen atoms in total. The summed E-state index contributed by atoms with van der Waals surface area (Å²) in [5, 5.41) is 17.2. The van der Waals surface area contributed by atoms with Gasteiger partial charge in [-0.05, 0) is 30.5 Å². The van der Waals surface area contributed by atoms with E-state index >= 15 is 0 Å². The normalized spacial score (nSPS) is 12.2. The predicted octanol–water partition coefficient (Wildman–Crippen LogP) is 3.36. The molecular formula is C20H26N6S. The highest BCUT2D eigenvalue weighted by Gasteiger charge is 2.22. The second-order valence-electron chi connectivity index (χ2n) is 6.86. The number of aliphatic imine (C=N–C) groups is 1. The van der Waals surface area contributed by atoms with Crippen LogP contribution in [0, 0.1) is 0 Å². The molecule has 0 unspecified atom stereocenters. The van der Waals surface area contributed by atoms with Crippen LogP contribution in [0.1, 0.15) is 31.5 Å². The number of para-hydroxylation sites is 1. The lowest BCUT2D eigenvalue weighted by molar-refractivity contribution is 0.518. The molecule has 27 heavy (non-hydrogen) atoms. The highest BCUT2D eigenvalue weighted by molar-refractivity contribution is 7.10. The number of aromatic nitrogens is 3. The zero-order chi connectivity index (χ0) is 19.1. The van der Waals surface area contributed by atoms with Gasteiger partial charge in [-0.2, -0.15) is 0 Å². The lowest BCUT2D eigenvalue weighted by Crippen LogP contribution is -2.43.